The Hall–Kier alpha value is -3.00. The Bertz CT molecular complexity index is 1610. The third-order valence-corrected chi connectivity index (χ3v) is 8.34. The van der Waals surface area contributed by atoms with Crippen molar-refractivity contribution in [1.29, 1.82) is 0 Å². The highest BCUT2D eigenvalue weighted by atomic mass is 35.5. The average molecular weight is 537 g/mol. The van der Waals surface area contributed by atoms with Crippen LogP contribution in [-0.2, 0) is 19.4 Å². The molecule has 0 radical (unpaired) electrons. The van der Waals surface area contributed by atoms with Gasteiger partial charge >= 0.3 is 0 Å². The molecule has 1 amide bonds. The van der Waals surface area contributed by atoms with Crippen LogP contribution in [0.25, 0.3) is 21.8 Å². The first-order chi connectivity index (χ1) is 17.8. The third kappa shape index (κ3) is 4.49. The predicted molar refractivity (Wildman–Crippen MR) is 144 cm³/mol. The largest absolute Gasteiger partial charge is 0.388 e. The second kappa shape index (κ2) is 9.39. The lowest BCUT2D eigenvalue weighted by Gasteiger charge is -2.38. The normalized spacial score (nSPS) is 17.2. The number of rotatable bonds is 3. The summed E-state index contributed by atoms with van der Waals surface area (Å²) in [5, 5.41) is 13.8. The summed E-state index contributed by atoms with van der Waals surface area (Å²) in [4.78, 5) is 37.2. The van der Waals surface area contributed by atoms with Crippen molar-refractivity contribution in [3.8, 4) is 0 Å². The van der Waals surface area contributed by atoms with E-state index in [0.717, 1.165) is 52.9 Å². The Morgan fingerprint density at radius 2 is 1.76 bits per heavy atom. The molecule has 3 heterocycles. The maximum absolute atomic E-state index is 13.3. The lowest BCUT2D eigenvalue weighted by atomic mass is 9.90. The van der Waals surface area contributed by atoms with Gasteiger partial charge in [0.1, 0.15) is 0 Å². The molecule has 1 N–H and O–H groups in total. The van der Waals surface area contributed by atoms with E-state index >= 15 is 0 Å². The van der Waals surface area contributed by atoms with Gasteiger partial charge in [-0.1, -0.05) is 29.3 Å². The average Bonchev–Trinajstić information content (AvgIpc) is 2.90. The van der Waals surface area contributed by atoms with Crippen molar-refractivity contribution in [3.05, 3.63) is 79.9 Å². The van der Waals surface area contributed by atoms with E-state index in [9.17, 15) is 14.7 Å². The molecule has 1 aliphatic heterocycles. The van der Waals surface area contributed by atoms with Crippen molar-refractivity contribution in [2.75, 3.05) is 13.1 Å². The van der Waals surface area contributed by atoms with E-state index in [4.69, 9.17) is 28.2 Å². The maximum Gasteiger partial charge on any atom is 0.261 e. The van der Waals surface area contributed by atoms with Crippen LogP contribution in [0.3, 0.4) is 0 Å². The first-order valence-corrected chi connectivity index (χ1v) is 13.3. The molecular weight excluding hydrogens is 511 g/mol. The minimum absolute atomic E-state index is 0.0963. The molecule has 1 aliphatic carbocycles. The zero-order valence-corrected chi connectivity index (χ0v) is 21.7. The van der Waals surface area contributed by atoms with Crippen LogP contribution in [0.5, 0.6) is 0 Å². The quantitative estimate of drug-likeness (QED) is 0.406. The molecule has 1 saturated heterocycles. The van der Waals surface area contributed by atoms with Crippen LogP contribution < -0.4 is 5.56 Å². The summed E-state index contributed by atoms with van der Waals surface area (Å²) < 4.78 is 1.44. The molecule has 0 unspecified atom stereocenters. The van der Waals surface area contributed by atoms with Crippen molar-refractivity contribution in [2.45, 2.75) is 50.7 Å². The zero-order chi connectivity index (χ0) is 25.7. The Morgan fingerprint density at radius 3 is 2.57 bits per heavy atom. The standard InChI is InChI=1S/C28H26Cl2N4O3/c29-18-6-8-21-23(14-18)31-16-34(27(21)36)15-28(37)9-11-33(12-10-28)26(35)17-5-7-20-24(13-17)32-22-4-2-1-3-19(22)25(20)30/h5-8,13-14,16,37H,1-4,9-12,15H2. The monoisotopic (exact) mass is 536 g/mol. The molecule has 9 heteroatoms. The van der Waals surface area contributed by atoms with Crippen molar-refractivity contribution >= 4 is 50.9 Å². The smallest absolute Gasteiger partial charge is 0.261 e. The molecule has 190 valence electrons. The van der Waals surface area contributed by atoms with Crippen LogP contribution in [0, 0.1) is 0 Å². The number of halogens is 2. The van der Waals surface area contributed by atoms with Crippen LogP contribution in [0.1, 0.15) is 47.3 Å². The SMILES string of the molecule is O=C(c1ccc2c(Cl)c3c(nc2c1)CCCC3)N1CCC(O)(Cn2cnc3cc(Cl)ccc3c2=O)CC1. The number of benzene rings is 2. The summed E-state index contributed by atoms with van der Waals surface area (Å²) in [5.41, 5.74) is 2.67. The van der Waals surface area contributed by atoms with Crippen LogP contribution in [0.2, 0.25) is 10.0 Å². The number of carbonyl (C=O) groups is 1. The minimum Gasteiger partial charge on any atom is -0.388 e. The Kier molecular flexibility index (Phi) is 6.18. The zero-order valence-electron chi connectivity index (χ0n) is 20.2. The number of aliphatic hydroxyl groups is 1. The van der Waals surface area contributed by atoms with Gasteiger partial charge in [-0.05, 0) is 74.4 Å². The van der Waals surface area contributed by atoms with Gasteiger partial charge in [0, 0.05) is 34.8 Å². The molecule has 1 fully saturated rings. The molecule has 0 spiro atoms. The topological polar surface area (TPSA) is 88.3 Å². The number of nitrogens with zero attached hydrogens (tertiary/aromatic N) is 4. The summed E-state index contributed by atoms with van der Waals surface area (Å²) in [7, 11) is 0. The van der Waals surface area contributed by atoms with E-state index in [1.807, 2.05) is 12.1 Å². The summed E-state index contributed by atoms with van der Waals surface area (Å²) >= 11 is 12.7. The van der Waals surface area contributed by atoms with E-state index in [1.54, 1.807) is 29.2 Å². The Labute approximate surface area is 223 Å². The van der Waals surface area contributed by atoms with Gasteiger partial charge in [0.05, 0.1) is 39.9 Å². The molecule has 0 saturated carbocycles. The number of aromatic nitrogens is 3. The van der Waals surface area contributed by atoms with Crippen LogP contribution >= 0.6 is 23.2 Å². The number of fused-ring (bicyclic) bond motifs is 3. The third-order valence-electron chi connectivity index (χ3n) is 7.67. The summed E-state index contributed by atoms with van der Waals surface area (Å²) in [6, 6.07) is 10.5. The lowest BCUT2D eigenvalue weighted by Crippen LogP contribution is -2.49. The summed E-state index contributed by atoms with van der Waals surface area (Å²) in [5.74, 6) is -0.0963. The second-order valence-corrected chi connectivity index (χ2v) is 11.0. The predicted octanol–water partition coefficient (Wildman–Crippen LogP) is 4.80. The van der Waals surface area contributed by atoms with Gasteiger partial charge in [-0.15, -0.1) is 0 Å². The number of likely N-dealkylation sites (tertiary alicyclic amines) is 1. The molecule has 6 rings (SSSR count). The number of hydrogen-bond acceptors (Lipinski definition) is 5. The van der Waals surface area contributed by atoms with Crippen LogP contribution in [-0.4, -0.2) is 49.1 Å². The first-order valence-electron chi connectivity index (χ1n) is 12.6. The summed E-state index contributed by atoms with van der Waals surface area (Å²) in [6.07, 6.45) is 6.25. The van der Waals surface area contributed by atoms with E-state index < -0.39 is 5.60 Å². The van der Waals surface area contributed by atoms with Gasteiger partial charge in [-0.25, -0.2) is 4.98 Å². The van der Waals surface area contributed by atoms with Crippen molar-refractivity contribution < 1.29 is 9.90 Å². The van der Waals surface area contributed by atoms with E-state index in [0.29, 0.717) is 47.4 Å². The number of amides is 1. The second-order valence-electron chi connectivity index (χ2n) is 10.1. The summed E-state index contributed by atoms with van der Waals surface area (Å²) in [6.45, 7) is 0.886. The number of aryl methyl sites for hydroxylation is 1. The number of piperidine rings is 1. The highest BCUT2D eigenvalue weighted by Gasteiger charge is 2.35. The van der Waals surface area contributed by atoms with Gasteiger partial charge in [0.2, 0.25) is 0 Å². The molecular formula is C28H26Cl2N4O3. The maximum atomic E-state index is 13.3. The fourth-order valence-electron chi connectivity index (χ4n) is 5.53. The number of pyridine rings is 1. The van der Waals surface area contributed by atoms with Gasteiger partial charge in [0.25, 0.3) is 11.5 Å². The Morgan fingerprint density at radius 1 is 1.00 bits per heavy atom. The van der Waals surface area contributed by atoms with Crippen molar-refractivity contribution in [3.63, 3.8) is 0 Å². The molecule has 2 aromatic carbocycles. The molecule has 0 bridgehead atoms. The van der Waals surface area contributed by atoms with Gasteiger partial charge in [0.15, 0.2) is 0 Å². The van der Waals surface area contributed by atoms with Gasteiger partial charge in [-0.2, -0.15) is 0 Å². The van der Waals surface area contributed by atoms with E-state index in [2.05, 4.69) is 4.98 Å². The van der Waals surface area contributed by atoms with E-state index in [1.165, 1.54) is 10.9 Å². The molecule has 4 aromatic rings. The number of hydrogen-bond donors (Lipinski definition) is 1. The highest BCUT2D eigenvalue weighted by molar-refractivity contribution is 6.36. The van der Waals surface area contributed by atoms with Crippen molar-refractivity contribution in [2.24, 2.45) is 0 Å². The fraction of sp³-hybridized carbons (Fsp3) is 0.357. The van der Waals surface area contributed by atoms with E-state index in [-0.39, 0.29) is 18.0 Å². The highest BCUT2D eigenvalue weighted by Crippen LogP contribution is 2.33. The molecule has 7 nitrogen and oxygen atoms in total. The van der Waals surface area contributed by atoms with Crippen LogP contribution in [0.15, 0.2) is 47.5 Å². The lowest BCUT2D eigenvalue weighted by molar-refractivity contribution is -0.0299. The molecule has 0 atom stereocenters. The molecule has 2 aromatic heterocycles. The minimum atomic E-state index is -1.11. The fourth-order valence-corrected chi connectivity index (χ4v) is 6.06. The van der Waals surface area contributed by atoms with Gasteiger partial charge in [-0.3, -0.25) is 19.1 Å². The van der Waals surface area contributed by atoms with Crippen LogP contribution in [0.4, 0.5) is 0 Å². The van der Waals surface area contributed by atoms with Crippen molar-refractivity contribution in [1.82, 2.24) is 19.4 Å². The van der Waals surface area contributed by atoms with Gasteiger partial charge < -0.3 is 10.0 Å². The Balaban J connectivity index is 1.18. The molecule has 37 heavy (non-hydrogen) atoms. The number of carbonyl (C=O) groups excluding carboxylic acids is 1. The first kappa shape index (κ1) is 24.3. The molecule has 2 aliphatic rings.